The summed E-state index contributed by atoms with van der Waals surface area (Å²) in [5.74, 6) is 0.388. The van der Waals surface area contributed by atoms with Crippen LogP contribution in [-0.2, 0) is 17.8 Å². The topological polar surface area (TPSA) is 29.5 Å². The van der Waals surface area contributed by atoms with Gasteiger partial charge in [0.15, 0.2) is 0 Å². The number of rotatable bonds is 1. The van der Waals surface area contributed by atoms with E-state index in [1.54, 1.807) is 0 Å². The number of phenols is 1. The lowest BCUT2D eigenvalue weighted by Gasteiger charge is -2.26. The van der Waals surface area contributed by atoms with Gasteiger partial charge in [-0.1, -0.05) is 42.5 Å². The molecule has 2 nitrogen and oxygen atoms in total. The molecule has 0 radical (unpaired) electrons. The summed E-state index contributed by atoms with van der Waals surface area (Å²) in [6.07, 6.45) is 0.925. The van der Waals surface area contributed by atoms with Crippen LogP contribution in [0.4, 0.5) is 0 Å². The molecular formula is C16H16O2. The van der Waals surface area contributed by atoms with Crippen LogP contribution in [0.25, 0.3) is 0 Å². The second-order valence-electron chi connectivity index (χ2n) is 4.78. The molecule has 92 valence electrons. The SMILES string of the molecule is Cc1ccc2c(c1O)COC(c1ccccc1)C2. The third-order valence-electron chi connectivity index (χ3n) is 3.59. The Kier molecular flexibility index (Phi) is 2.80. The van der Waals surface area contributed by atoms with E-state index in [1.165, 1.54) is 11.1 Å². The number of ether oxygens (including phenoxy) is 1. The number of fused-ring (bicyclic) bond motifs is 1. The molecule has 1 atom stereocenters. The Morgan fingerprint density at radius 1 is 1.11 bits per heavy atom. The monoisotopic (exact) mass is 240 g/mol. The van der Waals surface area contributed by atoms with Gasteiger partial charge in [0, 0.05) is 12.0 Å². The van der Waals surface area contributed by atoms with Crippen molar-refractivity contribution in [2.24, 2.45) is 0 Å². The molecule has 2 aromatic carbocycles. The predicted octanol–water partition coefficient (Wildman–Crippen LogP) is 3.51. The maximum Gasteiger partial charge on any atom is 0.124 e. The zero-order valence-electron chi connectivity index (χ0n) is 10.4. The van der Waals surface area contributed by atoms with Crippen LogP contribution >= 0.6 is 0 Å². The van der Waals surface area contributed by atoms with E-state index in [-0.39, 0.29) is 6.10 Å². The molecule has 0 saturated heterocycles. The Morgan fingerprint density at radius 3 is 2.67 bits per heavy atom. The van der Waals surface area contributed by atoms with E-state index in [1.807, 2.05) is 31.2 Å². The van der Waals surface area contributed by atoms with Crippen molar-refractivity contribution in [3.05, 3.63) is 64.7 Å². The van der Waals surface area contributed by atoms with Crippen molar-refractivity contribution >= 4 is 0 Å². The number of aryl methyl sites for hydroxylation is 1. The number of hydrogen-bond donors (Lipinski definition) is 1. The fourth-order valence-electron chi connectivity index (χ4n) is 2.47. The Hall–Kier alpha value is -1.80. The molecule has 1 aliphatic heterocycles. The number of benzene rings is 2. The minimum Gasteiger partial charge on any atom is -0.507 e. The summed E-state index contributed by atoms with van der Waals surface area (Å²) >= 11 is 0. The first-order chi connectivity index (χ1) is 8.75. The normalized spacial score (nSPS) is 18.4. The van der Waals surface area contributed by atoms with E-state index in [9.17, 15) is 5.11 Å². The van der Waals surface area contributed by atoms with Crippen molar-refractivity contribution in [1.29, 1.82) is 0 Å². The molecule has 1 unspecified atom stereocenters. The molecule has 2 aromatic rings. The lowest BCUT2D eigenvalue weighted by Crippen LogP contribution is -2.15. The number of hydrogen-bond acceptors (Lipinski definition) is 2. The van der Waals surface area contributed by atoms with Crippen LogP contribution in [0.1, 0.15) is 28.4 Å². The largest absolute Gasteiger partial charge is 0.507 e. The van der Waals surface area contributed by atoms with Crippen LogP contribution in [0.3, 0.4) is 0 Å². The van der Waals surface area contributed by atoms with Crippen molar-refractivity contribution in [3.63, 3.8) is 0 Å². The molecule has 1 N–H and O–H groups in total. The highest BCUT2D eigenvalue weighted by molar-refractivity contribution is 5.46. The summed E-state index contributed by atoms with van der Waals surface area (Å²) in [5, 5.41) is 10.0. The summed E-state index contributed by atoms with van der Waals surface area (Å²) in [5.41, 5.74) is 4.25. The maximum absolute atomic E-state index is 10.0. The molecule has 0 amide bonds. The molecule has 0 saturated carbocycles. The summed E-state index contributed by atoms with van der Waals surface area (Å²) in [6.45, 7) is 2.40. The number of phenolic OH excluding ortho intramolecular Hbond substituents is 1. The molecule has 1 aliphatic rings. The fraction of sp³-hybridized carbons (Fsp3) is 0.250. The van der Waals surface area contributed by atoms with Crippen LogP contribution < -0.4 is 0 Å². The zero-order valence-corrected chi connectivity index (χ0v) is 10.4. The molecule has 0 bridgehead atoms. The smallest absolute Gasteiger partial charge is 0.124 e. The quantitative estimate of drug-likeness (QED) is 0.826. The summed E-state index contributed by atoms with van der Waals surface area (Å²) in [7, 11) is 0. The highest BCUT2D eigenvalue weighted by Gasteiger charge is 2.23. The van der Waals surface area contributed by atoms with Crippen LogP contribution in [0, 0.1) is 6.92 Å². The van der Waals surface area contributed by atoms with Gasteiger partial charge in [-0.3, -0.25) is 0 Å². The third kappa shape index (κ3) is 1.89. The van der Waals surface area contributed by atoms with Crippen LogP contribution in [0.2, 0.25) is 0 Å². The van der Waals surface area contributed by atoms with Gasteiger partial charge in [-0.05, 0) is 23.6 Å². The molecule has 3 rings (SSSR count). The Bertz CT molecular complexity index is 561. The minimum atomic E-state index is 0.0980. The average molecular weight is 240 g/mol. The van der Waals surface area contributed by atoms with Gasteiger partial charge < -0.3 is 9.84 Å². The Labute approximate surface area is 107 Å². The van der Waals surface area contributed by atoms with Gasteiger partial charge >= 0.3 is 0 Å². The molecule has 1 heterocycles. The molecule has 18 heavy (non-hydrogen) atoms. The van der Waals surface area contributed by atoms with Crippen molar-refractivity contribution in [3.8, 4) is 5.75 Å². The Balaban J connectivity index is 1.93. The van der Waals surface area contributed by atoms with E-state index in [0.717, 1.165) is 17.5 Å². The first-order valence-electron chi connectivity index (χ1n) is 6.22. The first-order valence-corrected chi connectivity index (χ1v) is 6.22. The van der Waals surface area contributed by atoms with E-state index < -0.39 is 0 Å². The maximum atomic E-state index is 10.0. The summed E-state index contributed by atoms with van der Waals surface area (Å²) in [6, 6.07) is 14.3. The molecule has 0 spiro atoms. The molecule has 2 heteroatoms. The van der Waals surface area contributed by atoms with Crippen molar-refractivity contribution in [1.82, 2.24) is 0 Å². The zero-order chi connectivity index (χ0) is 12.5. The summed E-state index contributed by atoms with van der Waals surface area (Å²) in [4.78, 5) is 0. The van der Waals surface area contributed by atoms with Crippen molar-refractivity contribution < 1.29 is 9.84 Å². The van der Waals surface area contributed by atoms with Gasteiger partial charge in [0.25, 0.3) is 0 Å². The minimum absolute atomic E-state index is 0.0980. The highest BCUT2D eigenvalue weighted by atomic mass is 16.5. The third-order valence-corrected chi connectivity index (χ3v) is 3.59. The second-order valence-corrected chi connectivity index (χ2v) is 4.78. The summed E-state index contributed by atoms with van der Waals surface area (Å²) < 4.78 is 5.87. The van der Waals surface area contributed by atoms with Crippen LogP contribution in [0.15, 0.2) is 42.5 Å². The highest BCUT2D eigenvalue weighted by Crippen LogP contribution is 2.35. The number of aromatic hydroxyl groups is 1. The fourth-order valence-corrected chi connectivity index (χ4v) is 2.47. The molecular weight excluding hydrogens is 224 g/mol. The van der Waals surface area contributed by atoms with Crippen LogP contribution in [0.5, 0.6) is 5.75 Å². The van der Waals surface area contributed by atoms with Crippen molar-refractivity contribution in [2.45, 2.75) is 26.1 Å². The van der Waals surface area contributed by atoms with Gasteiger partial charge in [0.1, 0.15) is 5.75 Å². The van der Waals surface area contributed by atoms with Crippen LogP contribution in [-0.4, -0.2) is 5.11 Å². The van der Waals surface area contributed by atoms with Gasteiger partial charge in [-0.15, -0.1) is 0 Å². The standard InChI is InChI=1S/C16H16O2/c1-11-7-8-13-9-15(12-5-3-2-4-6-12)18-10-14(13)16(11)17/h2-8,15,17H,9-10H2,1H3. The lowest BCUT2D eigenvalue weighted by molar-refractivity contribution is 0.0261. The van der Waals surface area contributed by atoms with E-state index in [2.05, 4.69) is 18.2 Å². The lowest BCUT2D eigenvalue weighted by atomic mass is 9.93. The first kappa shape index (κ1) is 11.3. The Morgan fingerprint density at radius 2 is 1.89 bits per heavy atom. The van der Waals surface area contributed by atoms with E-state index in [4.69, 9.17) is 4.74 Å². The predicted molar refractivity (Wildman–Crippen MR) is 70.5 cm³/mol. The molecule has 0 aliphatic carbocycles. The second kappa shape index (κ2) is 4.46. The van der Waals surface area contributed by atoms with E-state index in [0.29, 0.717) is 12.4 Å². The van der Waals surface area contributed by atoms with Gasteiger partial charge in [0.2, 0.25) is 0 Å². The van der Waals surface area contributed by atoms with Gasteiger partial charge in [-0.2, -0.15) is 0 Å². The van der Waals surface area contributed by atoms with Gasteiger partial charge in [-0.25, -0.2) is 0 Å². The van der Waals surface area contributed by atoms with Crippen molar-refractivity contribution in [2.75, 3.05) is 0 Å². The molecule has 0 fully saturated rings. The van der Waals surface area contributed by atoms with Gasteiger partial charge in [0.05, 0.1) is 12.7 Å². The van der Waals surface area contributed by atoms with E-state index >= 15 is 0 Å². The molecule has 0 aromatic heterocycles. The average Bonchev–Trinajstić information content (AvgIpc) is 2.44.